The van der Waals surface area contributed by atoms with Gasteiger partial charge in [-0.2, -0.15) is 0 Å². The molecular weight excluding hydrogens is 274 g/mol. The number of benzene rings is 1. The van der Waals surface area contributed by atoms with Gasteiger partial charge in [0, 0.05) is 6.54 Å². The summed E-state index contributed by atoms with van der Waals surface area (Å²) < 4.78 is 5.06. The van der Waals surface area contributed by atoms with E-state index in [2.05, 4.69) is 5.32 Å². The first kappa shape index (κ1) is 16.8. The molecular formula is C15H21NO5. The van der Waals surface area contributed by atoms with Crippen molar-refractivity contribution < 1.29 is 24.5 Å². The molecule has 6 nitrogen and oxygen atoms in total. The van der Waals surface area contributed by atoms with E-state index >= 15 is 0 Å². The number of rotatable bonds is 5. The third-order valence-electron chi connectivity index (χ3n) is 2.66. The standard InChI is InChI=1S/C15H21NO5/c1-15(2,3)21-14(20)16-9-11(13(18)19)8-10-4-6-12(17)7-5-10/h4-7,11,17H,8-9H2,1-3H3,(H,16,20)(H,18,19)/t11-/m1/s1. The molecule has 1 aromatic rings. The summed E-state index contributed by atoms with van der Waals surface area (Å²) in [5, 5.41) is 20.8. The molecule has 3 N–H and O–H groups in total. The van der Waals surface area contributed by atoms with Gasteiger partial charge in [0.2, 0.25) is 0 Å². The largest absolute Gasteiger partial charge is 0.508 e. The summed E-state index contributed by atoms with van der Waals surface area (Å²) in [5.41, 5.74) is 0.144. The van der Waals surface area contributed by atoms with E-state index in [1.54, 1.807) is 32.9 Å². The highest BCUT2D eigenvalue weighted by molar-refractivity contribution is 5.73. The Hall–Kier alpha value is -2.24. The van der Waals surface area contributed by atoms with Gasteiger partial charge in [0.1, 0.15) is 11.4 Å². The van der Waals surface area contributed by atoms with Crippen LogP contribution in [-0.4, -0.2) is 34.4 Å². The van der Waals surface area contributed by atoms with E-state index in [9.17, 15) is 19.8 Å². The zero-order valence-electron chi connectivity index (χ0n) is 12.4. The van der Waals surface area contributed by atoms with Gasteiger partial charge in [-0.05, 0) is 44.9 Å². The van der Waals surface area contributed by atoms with Crippen LogP contribution in [0.1, 0.15) is 26.3 Å². The lowest BCUT2D eigenvalue weighted by Gasteiger charge is -2.20. The van der Waals surface area contributed by atoms with Gasteiger partial charge in [-0.1, -0.05) is 12.1 Å². The number of amides is 1. The minimum Gasteiger partial charge on any atom is -0.508 e. The zero-order valence-corrected chi connectivity index (χ0v) is 12.4. The van der Waals surface area contributed by atoms with Crippen LogP contribution >= 0.6 is 0 Å². The van der Waals surface area contributed by atoms with Gasteiger partial charge in [0.25, 0.3) is 0 Å². The van der Waals surface area contributed by atoms with Crippen molar-refractivity contribution in [3.05, 3.63) is 29.8 Å². The second-order valence-electron chi connectivity index (χ2n) is 5.79. The first-order chi connectivity index (χ1) is 9.67. The lowest BCUT2D eigenvalue weighted by atomic mass is 9.99. The number of aliphatic carboxylic acids is 1. The van der Waals surface area contributed by atoms with Gasteiger partial charge in [0.05, 0.1) is 5.92 Å². The Kier molecular flexibility index (Phi) is 5.58. The van der Waals surface area contributed by atoms with Crippen molar-refractivity contribution in [1.29, 1.82) is 0 Å². The fraction of sp³-hybridized carbons (Fsp3) is 0.467. The van der Waals surface area contributed by atoms with E-state index in [-0.39, 0.29) is 18.7 Å². The van der Waals surface area contributed by atoms with E-state index in [0.717, 1.165) is 5.56 Å². The highest BCUT2D eigenvalue weighted by Gasteiger charge is 2.21. The molecule has 116 valence electrons. The number of carbonyl (C=O) groups excluding carboxylic acids is 1. The van der Waals surface area contributed by atoms with Gasteiger partial charge in [-0.15, -0.1) is 0 Å². The molecule has 0 unspecified atom stereocenters. The maximum absolute atomic E-state index is 11.5. The van der Waals surface area contributed by atoms with Crippen molar-refractivity contribution in [3.8, 4) is 5.75 Å². The number of nitrogens with one attached hydrogen (secondary N) is 1. The number of carbonyl (C=O) groups is 2. The van der Waals surface area contributed by atoms with Crippen LogP contribution in [0.3, 0.4) is 0 Å². The minimum atomic E-state index is -1.00. The van der Waals surface area contributed by atoms with Crippen LogP contribution in [0.4, 0.5) is 4.79 Å². The molecule has 0 saturated heterocycles. The molecule has 1 aromatic carbocycles. The Morgan fingerprint density at radius 1 is 1.24 bits per heavy atom. The molecule has 1 amide bonds. The van der Waals surface area contributed by atoms with Gasteiger partial charge in [-0.25, -0.2) is 4.79 Å². The van der Waals surface area contributed by atoms with E-state index in [1.807, 2.05) is 0 Å². The third kappa shape index (κ3) is 6.65. The molecule has 0 aliphatic carbocycles. The second-order valence-corrected chi connectivity index (χ2v) is 5.79. The molecule has 0 fully saturated rings. The number of alkyl carbamates (subject to hydrolysis) is 1. The summed E-state index contributed by atoms with van der Waals surface area (Å²) in [4.78, 5) is 22.8. The molecule has 21 heavy (non-hydrogen) atoms. The average molecular weight is 295 g/mol. The molecule has 6 heteroatoms. The lowest BCUT2D eigenvalue weighted by molar-refractivity contribution is -0.141. The number of ether oxygens (including phenoxy) is 1. The van der Waals surface area contributed by atoms with Crippen LogP contribution in [0.25, 0.3) is 0 Å². The summed E-state index contributed by atoms with van der Waals surface area (Å²) in [6.45, 7) is 5.18. The molecule has 0 aliphatic heterocycles. The number of hydrogen-bond donors (Lipinski definition) is 3. The quantitative estimate of drug-likeness (QED) is 0.773. The monoisotopic (exact) mass is 295 g/mol. The molecule has 0 aromatic heterocycles. The topological polar surface area (TPSA) is 95.9 Å². The molecule has 0 saturated carbocycles. The minimum absolute atomic E-state index is 0.0227. The van der Waals surface area contributed by atoms with Crippen molar-refractivity contribution in [3.63, 3.8) is 0 Å². The molecule has 0 radical (unpaired) electrons. The van der Waals surface area contributed by atoms with E-state index in [0.29, 0.717) is 0 Å². The van der Waals surface area contributed by atoms with Crippen molar-refractivity contribution in [2.45, 2.75) is 32.8 Å². The van der Waals surface area contributed by atoms with Crippen LogP contribution in [-0.2, 0) is 16.0 Å². The predicted octanol–water partition coefficient (Wildman–Crippen LogP) is 2.16. The number of phenolic OH excluding ortho intramolecular Hbond substituents is 1. The summed E-state index contributed by atoms with van der Waals surface area (Å²) in [6.07, 6.45) is -0.384. The molecule has 1 atom stereocenters. The smallest absolute Gasteiger partial charge is 0.407 e. The number of hydrogen-bond acceptors (Lipinski definition) is 4. The Morgan fingerprint density at radius 2 is 1.81 bits per heavy atom. The van der Waals surface area contributed by atoms with Gasteiger partial charge in [0.15, 0.2) is 0 Å². The lowest BCUT2D eigenvalue weighted by Crippen LogP contribution is -2.37. The first-order valence-electron chi connectivity index (χ1n) is 6.65. The van der Waals surface area contributed by atoms with E-state index < -0.39 is 23.6 Å². The average Bonchev–Trinajstić information content (AvgIpc) is 2.34. The Bertz CT molecular complexity index is 490. The van der Waals surface area contributed by atoms with Crippen LogP contribution in [0, 0.1) is 5.92 Å². The van der Waals surface area contributed by atoms with Crippen molar-refractivity contribution >= 4 is 12.1 Å². The number of aromatic hydroxyl groups is 1. The van der Waals surface area contributed by atoms with Crippen molar-refractivity contribution in [2.24, 2.45) is 5.92 Å². The summed E-state index contributed by atoms with van der Waals surface area (Å²) >= 11 is 0. The first-order valence-corrected chi connectivity index (χ1v) is 6.65. The zero-order chi connectivity index (χ0) is 16.0. The van der Waals surface area contributed by atoms with Gasteiger partial charge < -0.3 is 20.3 Å². The molecule has 0 aliphatic rings. The van der Waals surface area contributed by atoms with Crippen molar-refractivity contribution in [2.75, 3.05) is 6.54 Å². The molecule has 0 heterocycles. The van der Waals surface area contributed by atoms with E-state index in [4.69, 9.17) is 4.74 Å². The normalized spacial score (nSPS) is 12.5. The number of carboxylic acids is 1. The molecule has 0 bridgehead atoms. The predicted molar refractivity (Wildman–Crippen MR) is 77.2 cm³/mol. The Labute approximate surface area is 123 Å². The fourth-order valence-corrected chi connectivity index (χ4v) is 1.68. The Balaban J connectivity index is 2.56. The summed E-state index contributed by atoms with van der Waals surface area (Å²) in [6, 6.07) is 6.29. The van der Waals surface area contributed by atoms with E-state index in [1.165, 1.54) is 12.1 Å². The maximum Gasteiger partial charge on any atom is 0.407 e. The van der Waals surface area contributed by atoms with Crippen LogP contribution in [0.2, 0.25) is 0 Å². The molecule has 0 spiro atoms. The number of carboxylic acid groups (broad SMARTS) is 1. The van der Waals surface area contributed by atoms with Gasteiger partial charge in [-0.3, -0.25) is 4.79 Å². The highest BCUT2D eigenvalue weighted by Crippen LogP contribution is 2.14. The van der Waals surface area contributed by atoms with Gasteiger partial charge >= 0.3 is 12.1 Å². The van der Waals surface area contributed by atoms with Crippen molar-refractivity contribution in [1.82, 2.24) is 5.32 Å². The second kappa shape index (κ2) is 6.97. The highest BCUT2D eigenvalue weighted by atomic mass is 16.6. The summed E-state index contributed by atoms with van der Waals surface area (Å²) in [5.74, 6) is -1.64. The third-order valence-corrected chi connectivity index (χ3v) is 2.66. The van der Waals surface area contributed by atoms with Crippen LogP contribution < -0.4 is 5.32 Å². The SMILES string of the molecule is CC(C)(C)OC(=O)NC[C@@H](Cc1ccc(O)cc1)C(=O)O. The number of phenols is 1. The Morgan fingerprint density at radius 3 is 2.29 bits per heavy atom. The van der Waals surface area contributed by atoms with Crippen LogP contribution in [0.15, 0.2) is 24.3 Å². The summed E-state index contributed by atoms with van der Waals surface area (Å²) in [7, 11) is 0. The molecule has 1 rings (SSSR count). The van der Waals surface area contributed by atoms with Crippen LogP contribution in [0.5, 0.6) is 5.75 Å². The fourth-order valence-electron chi connectivity index (χ4n) is 1.68. The maximum atomic E-state index is 11.5.